The topological polar surface area (TPSA) is 69.0 Å². The van der Waals surface area contributed by atoms with Crippen LogP contribution in [0.4, 0.5) is 0 Å². The lowest BCUT2D eigenvalue weighted by molar-refractivity contribution is 0.0519. The summed E-state index contributed by atoms with van der Waals surface area (Å²) >= 11 is 0. The Kier molecular flexibility index (Phi) is 5.26. The highest BCUT2D eigenvalue weighted by molar-refractivity contribution is 5.76. The van der Waals surface area contributed by atoms with Crippen LogP contribution in [0.5, 0.6) is 5.88 Å². The Hall–Kier alpha value is -3.32. The fourth-order valence-electron chi connectivity index (χ4n) is 5.85. The van der Waals surface area contributed by atoms with Crippen LogP contribution in [-0.4, -0.2) is 48.6 Å². The number of nitrogens with zero attached hydrogens (tertiary/aromatic N) is 6. The molecule has 1 saturated carbocycles. The third-order valence-electron chi connectivity index (χ3n) is 7.23. The van der Waals surface area contributed by atoms with E-state index < -0.39 is 0 Å². The average Bonchev–Trinajstić information content (AvgIpc) is 3.38. The van der Waals surface area contributed by atoms with Gasteiger partial charge in [0.2, 0.25) is 5.88 Å². The number of hydrogen-bond acceptors (Lipinski definition) is 6. The van der Waals surface area contributed by atoms with Crippen molar-refractivity contribution in [2.45, 2.75) is 38.5 Å². The molecule has 7 heteroatoms. The van der Waals surface area contributed by atoms with Gasteiger partial charge in [0.25, 0.3) is 0 Å². The highest BCUT2D eigenvalue weighted by atomic mass is 16.5. The maximum atomic E-state index is 6.51. The summed E-state index contributed by atoms with van der Waals surface area (Å²) in [5.74, 6) is 2.89. The van der Waals surface area contributed by atoms with Crippen molar-refractivity contribution in [1.82, 2.24) is 29.4 Å². The minimum atomic E-state index is 0.0279. The molecule has 0 bridgehead atoms. The number of aryl methyl sites for hydroxylation is 1. The fraction of sp³-hybridized carbons (Fsp3) is 0.385. The Morgan fingerprint density at radius 1 is 0.939 bits per heavy atom. The van der Waals surface area contributed by atoms with E-state index in [1.807, 2.05) is 12.4 Å². The SMILES string of the molecule is Cc1nc2ccccc2n1[C@H]1C[C@H]2CN(Cc3ccncc3)C[C@H]2C[C@@H]1Oc1cnccn1. The maximum Gasteiger partial charge on any atom is 0.232 e. The summed E-state index contributed by atoms with van der Waals surface area (Å²) in [4.78, 5) is 20.2. The van der Waals surface area contributed by atoms with Crippen LogP contribution in [0.2, 0.25) is 0 Å². The van der Waals surface area contributed by atoms with Gasteiger partial charge in [-0.05, 0) is 61.4 Å². The Labute approximate surface area is 193 Å². The molecule has 7 nitrogen and oxygen atoms in total. The van der Waals surface area contributed by atoms with Gasteiger partial charge in [0, 0.05) is 44.4 Å². The molecule has 6 rings (SSSR count). The lowest BCUT2D eigenvalue weighted by Crippen LogP contribution is -2.40. The summed E-state index contributed by atoms with van der Waals surface area (Å²) in [6.45, 7) is 5.30. The Morgan fingerprint density at radius 2 is 1.76 bits per heavy atom. The molecule has 0 radical (unpaired) electrons. The van der Waals surface area contributed by atoms with Crippen molar-refractivity contribution in [1.29, 1.82) is 0 Å². The number of likely N-dealkylation sites (tertiary alicyclic amines) is 1. The number of hydrogen-bond donors (Lipinski definition) is 0. The van der Waals surface area contributed by atoms with E-state index in [4.69, 9.17) is 9.72 Å². The second-order valence-electron chi connectivity index (χ2n) is 9.33. The van der Waals surface area contributed by atoms with Crippen molar-refractivity contribution in [3.05, 3.63) is 78.8 Å². The number of aromatic nitrogens is 5. The number of fused-ring (bicyclic) bond motifs is 2. The van der Waals surface area contributed by atoms with Crippen LogP contribution >= 0.6 is 0 Å². The molecule has 33 heavy (non-hydrogen) atoms. The summed E-state index contributed by atoms with van der Waals surface area (Å²) in [5, 5.41) is 0. The summed E-state index contributed by atoms with van der Waals surface area (Å²) in [6.07, 6.45) is 11.0. The van der Waals surface area contributed by atoms with E-state index in [1.165, 1.54) is 11.1 Å². The Bertz CT molecular complexity index is 1230. The minimum Gasteiger partial charge on any atom is -0.471 e. The zero-order chi connectivity index (χ0) is 22.2. The number of para-hydroxylation sites is 2. The molecule has 1 saturated heterocycles. The Balaban J connectivity index is 1.30. The molecule has 3 aromatic heterocycles. The molecule has 0 unspecified atom stereocenters. The van der Waals surface area contributed by atoms with Crippen LogP contribution in [0.1, 0.15) is 30.3 Å². The molecule has 2 aliphatic rings. The molecule has 2 fully saturated rings. The van der Waals surface area contributed by atoms with Gasteiger partial charge in [-0.15, -0.1) is 0 Å². The van der Waals surface area contributed by atoms with E-state index in [9.17, 15) is 0 Å². The second kappa shape index (κ2) is 8.56. The smallest absolute Gasteiger partial charge is 0.232 e. The van der Waals surface area contributed by atoms with Crippen LogP contribution in [0.25, 0.3) is 11.0 Å². The third-order valence-corrected chi connectivity index (χ3v) is 7.23. The number of benzene rings is 1. The molecule has 4 atom stereocenters. The van der Waals surface area contributed by atoms with Crippen molar-refractivity contribution in [2.24, 2.45) is 11.8 Å². The van der Waals surface area contributed by atoms with Gasteiger partial charge in [0.05, 0.1) is 23.3 Å². The summed E-state index contributed by atoms with van der Waals surface area (Å²) in [7, 11) is 0. The van der Waals surface area contributed by atoms with E-state index in [0.717, 1.165) is 43.8 Å². The summed E-state index contributed by atoms with van der Waals surface area (Å²) in [6, 6.07) is 12.9. The lowest BCUT2D eigenvalue weighted by atomic mass is 9.77. The monoisotopic (exact) mass is 440 g/mol. The van der Waals surface area contributed by atoms with Gasteiger partial charge < -0.3 is 9.30 Å². The van der Waals surface area contributed by atoms with Crippen LogP contribution in [0.3, 0.4) is 0 Å². The number of imidazole rings is 1. The summed E-state index contributed by atoms with van der Waals surface area (Å²) in [5.41, 5.74) is 3.54. The van der Waals surface area contributed by atoms with Crippen molar-refractivity contribution in [2.75, 3.05) is 13.1 Å². The van der Waals surface area contributed by atoms with Crippen molar-refractivity contribution < 1.29 is 4.74 Å². The van der Waals surface area contributed by atoms with Gasteiger partial charge in [0.15, 0.2) is 0 Å². The predicted molar refractivity (Wildman–Crippen MR) is 126 cm³/mol. The molecule has 0 spiro atoms. The quantitative estimate of drug-likeness (QED) is 0.466. The van der Waals surface area contributed by atoms with Gasteiger partial charge in [-0.3, -0.25) is 14.9 Å². The number of pyridine rings is 1. The first kappa shape index (κ1) is 20.3. The van der Waals surface area contributed by atoms with E-state index in [0.29, 0.717) is 17.7 Å². The van der Waals surface area contributed by atoms with Gasteiger partial charge >= 0.3 is 0 Å². The van der Waals surface area contributed by atoms with E-state index >= 15 is 0 Å². The number of rotatable bonds is 5. The molecule has 1 aliphatic carbocycles. The van der Waals surface area contributed by atoms with Crippen molar-refractivity contribution in [3.63, 3.8) is 0 Å². The zero-order valence-corrected chi connectivity index (χ0v) is 18.8. The predicted octanol–water partition coefficient (Wildman–Crippen LogP) is 4.06. The molecule has 0 amide bonds. The second-order valence-corrected chi connectivity index (χ2v) is 9.33. The highest BCUT2D eigenvalue weighted by Crippen LogP contribution is 2.44. The standard InChI is InChI=1S/C26H28N6O/c1-18-30-22-4-2-3-5-23(22)32(18)24-12-20-16-31(15-19-6-8-27-9-7-19)17-21(20)13-25(24)33-26-14-28-10-11-29-26/h2-11,14,20-21,24-25H,12-13,15-17H2,1H3/t20-,21+,24-,25-/m0/s1. The van der Waals surface area contributed by atoms with Gasteiger partial charge in [-0.1, -0.05) is 12.1 Å². The molecular weight excluding hydrogens is 412 g/mol. The zero-order valence-electron chi connectivity index (χ0n) is 18.8. The lowest BCUT2D eigenvalue weighted by Gasteiger charge is -2.39. The number of ether oxygens (including phenoxy) is 1. The van der Waals surface area contributed by atoms with Crippen LogP contribution < -0.4 is 4.74 Å². The fourth-order valence-corrected chi connectivity index (χ4v) is 5.85. The molecule has 168 valence electrons. The van der Waals surface area contributed by atoms with Crippen LogP contribution in [0, 0.1) is 18.8 Å². The molecule has 1 aliphatic heterocycles. The normalized spacial score (nSPS) is 25.2. The first-order chi connectivity index (χ1) is 16.2. The molecule has 0 N–H and O–H groups in total. The van der Waals surface area contributed by atoms with Crippen LogP contribution in [-0.2, 0) is 6.54 Å². The van der Waals surface area contributed by atoms with Gasteiger partial charge in [-0.2, -0.15) is 0 Å². The Morgan fingerprint density at radius 3 is 2.58 bits per heavy atom. The summed E-state index contributed by atoms with van der Waals surface area (Å²) < 4.78 is 8.91. The van der Waals surface area contributed by atoms with E-state index in [-0.39, 0.29) is 12.1 Å². The molecule has 4 aromatic rings. The van der Waals surface area contributed by atoms with E-state index in [2.05, 4.69) is 67.7 Å². The van der Waals surface area contributed by atoms with Crippen LogP contribution in [0.15, 0.2) is 67.4 Å². The van der Waals surface area contributed by atoms with Gasteiger partial charge in [-0.25, -0.2) is 9.97 Å². The molecule has 1 aromatic carbocycles. The average molecular weight is 441 g/mol. The maximum absolute atomic E-state index is 6.51. The largest absolute Gasteiger partial charge is 0.471 e. The van der Waals surface area contributed by atoms with E-state index in [1.54, 1.807) is 18.6 Å². The van der Waals surface area contributed by atoms with Crippen molar-refractivity contribution in [3.8, 4) is 5.88 Å². The third kappa shape index (κ3) is 3.97. The molecule has 4 heterocycles. The highest BCUT2D eigenvalue weighted by Gasteiger charge is 2.44. The first-order valence-corrected chi connectivity index (χ1v) is 11.7. The van der Waals surface area contributed by atoms with Gasteiger partial charge in [0.1, 0.15) is 11.9 Å². The first-order valence-electron chi connectivity index (χ1n) is 11.7. The molecular formula is C26H28N6O. The minimum absolute atomic E-state index is 0.0279. The van der Waals surface area contributed by atoms with Crippen molar-refractivity contribution >= 4 is 11.0 Å².